The maximum absolute atomic E-state index is 12.7. The van der Waals surface area contributed by atoms with Gasteiger partial charge in [-0.15, -0.1) is 0 Å². The maximum atomic E-state index is 12.7. The fourth-order valence-corrected chi connectivity index (χ4v) is 3.34. The van der Waals surface area contributed by atoms with E-state index in [0.29, 0.717) is 28.0 Å². The molecule has 0 saturated carbocycles. The van der Waals surface area contributed by atoms with Crippen molar-refractivity contribution in [3.8, 4) is 11.6 Å². The maximum Gasteiger partial charge on any atom is 0.410 e. The van der Waals surface area contributed by atoms with Gasteiger partial charge in [-0.25, -0.2) is 14.2 Å². The summed E-state index contributed by atoms with van der Waals surface area (Å²) in [4.78, 5) is 26.4. The van der Waals surface area contributed by atoms with Crippen LogP contribution < -0.4 is 5.69 Å². The van der Waals surface area contributed by atoms with Crippen LogP contribution in [0, 0.1) is 0 Å². The molecule has 0 atom stereocenters. The number of aromatic nitrogens is 2. The molecule has 0 bridgehead atoms. The Balaban J connectivity index is 1.98. The first-order chi connectivity index (χ1) is 12.1. The molecule has 0 fully saturated rings. The van der Waals surface area contributed by atoms with Gasteiger partial charge in [-0.1, -0.05) is 23.2 Å². The van der Waals surface area contributed by atoms with Crippen molar-refractivity contribution in [3.63, 3.8) is 0 Å². The quantitative estimate of drug-likeness (QED) is 0.796. The van der Waals surface area contributed by atoms with E-state index in [-0.39, 0.29) is 19.0 Å². The van der Waals surface area contributed by atoms with Gasteiger partial charge < -0.3 is 14.7 Å². The second-order valence-corrected chi connectivity index (χ2v) is 7.94. The Bertz CT molecular complexity index is 907. The topological polar surface area (TPSA) is 76.7 Å². The number of ether oxygens (including phenoxy) is 1. The fraction of sp³-hybridized carbons (Fsp3) is 0.412. The zero-order chi connectivity index (χ0) is 19.2. The molecule has 1 aromatic carbocycles. The number of hydrogen-bond acceptors (Lipinski definition) is 4. The Labute approximate surface area is 160 Å². The average molecular weight is 400 g/mol. The summed E-state index contributed by atoms with van der Waals surface area (Å²) in [5.41, 5.74) is -0.349. The molecular formula is C17H19Cl2N3O4. The molecule has 0 aliphatic carbocycles. The molecule has 1 aliphatic rings. The predicted octanol–water partition coefficient (Wildman–Crippen LogP) is 3.40. The number of nitrogens with zero attached hydrogens (tertiary/aromatic N) is 3. The van der Waals surface area contributed by atoms with E-state index in [1.807, 2.05) is 0 Å². The minimum absolute atomic E-state index is 0.0668. The van der Waals surface area contributed by atoms with E-state index in [9.17, 15) is 14.7 Å². The van der Waals surface area contributed by atoms with Crippen molar-refractivity contribution in [2.24, 2.45) is 0 Å². The lowest BCUT2D eigenvalue weighted by molar-refractivity contribution is 0.0196. The lowest BCUT2D eigenvalue weighted by Gasteiger charge is -2.30. The number of halogens is 2. The zero-order valence-electron chi connectivity index (χ0n) is 14.6. The van der Waals surface area contributed by atoms with Crippen LogP contribution in [0.4, 0.5) is 4.79 Å². The first-order valence-corrected chi connectivity index (χ1v) is 8.80. The number of benzene rings is 1. The van der Waals surface area contributed by atoms with Gasteiger partial charge in [0.15, 0.2) is 0 Å². The standard InChI is InChI=1S/C17H19Cl2N3O4/c1-17(2,3)26-16(25)20-4-5-21-13(9-20)14(23)22(15(21)24)12-7-10(18)6-11(19)8-12/h6-8,23H,4-5,9H2,1-3H3. The summed E-state index contributed by atoms with van der Waals surface area (Å²) in [5, 5.41) is 11.3. The van der Waals surface area contributed by atoms with Crippen LogP contribution in [0.15, 0.2) is 23.0 Å². The summed E-state index contributed by atoms with van der Waals surface area (Å²) in [7, 11) is 0. The normalized spacial score (nSPS) is 14.3. The van der Waals surface area contributed by atoms with E-state index in [1.165, 1.54) is 27.7 Å². The Kier molecular flexibility index (Phi) is 4.71. The largest absolute Gasteiger partial charge is 0.493 e. The molecule has 7 nitrogen and oxygen atoms in total. The third-order valence-electron chi connectivity index (χ3n) is 3.91. The lowest BCUT2D eigenvalue weighted by Crippen LogP contribution is -2.43. The van der Waals surface area contributed by atoms with Crippen LogP contribution >= 0.6 is 23.2 Å². The summed E-state index contributed by atoms with van der Waals surface area (Å²) < 4.78 is 7.93. The Morgan fingerprint density at radius 2 is 1.77 bits per heavy atom. The van der Waals surface area contributed by atoms with Gasteiger partial charge >= 0.3 is 11.8 Å². The molecule has 1 aliphatic heterocycles. The van der Waals surface area contributed by atoms with Gasteiger partial charge in [-0.3, -0.25) is 4.57 Å². The van der Waals surface area contributed by atoms with Crippen LogP contribution in [-0.2, 0) is 17.8 Å². The molecule has 140 valence electrons. The molecule has 1 aromatic heterocycles. The van der Waals surface area contributed by atoms with Crippen molar-refractivity contribution in [2.75, 3.05) is 6.54 Å². The minimum Gasteiger partial charge on any atom is -0.493 e. The molecule has 0 spiro atoms. The number of carbonyl (C=O) groups is 1. The van der Waals surface area contributed by atoms with E-state index in [2.05, 4.69) is 0 Å². The molecule has 9 heteroatoms. The van der Waals surface area contributed by atoms with Crippen LogP contribution in [0.3, 0.4) is 0 Å². The highest BCUT2D eigenvalue weighted by atomic mass is 35.5. The number of hydrogen-bond donors (Lipinski definition) is 1. The third-order valence-corrected chi connectivity index (χ3v) is 4.35. The molecule has 3 rings (SSSR count). The van der Waals surface area contributed by atoms with Crippen molar-refractivity contribution < 1.29 is 14.6 Å². The van der Waals surface area contributed by atoms with Gasteiger partial charge in [-0.05, 0) is 39.0 Å². The van der Waals surface area contributed by atoms with Gasteiger partial charge in [0.25, 0.3) is 0 Å². The summed E-state index contributed by atoms with van der Waals surface area (Å²) in [6.45, 7) is 5.96. The molecule has 26 heavy (non-hydrogen) atoms. The molecule has 1 amide bonds. The predicted molar refractivity (Wildman–Crippen MR) is 98.4 cm³/mol. The van der Waals surface area contributed by atoms with Gasteiger partial charge in [0, 0.05) is 23.1 Å². The molecule has 0 saturated heterocycles. The van der Waals surface area contributed by atoms with Crippen molar-refractivity contribution >= 4 is 29.3 Å². The van der Waals surface area contributed by atoms with Crippen LogP contribution in [0.5, 0.6) is 5.88 Å². The highest BCUT2D eigenvalue weighted by Gasteiger charge is 2.31. The monoisotopic (exact) mass is 399 g/mol. The van der Waals surface area contributed by atoms with E-state index in [1.54, 1.807) is 20.8 Å². The SMILES string of the molecule is CC(C)(C)OC(=O)N1CCn2c(c(O)n(-c3cc(Cl)cc(Cl)c3)c2=O)C1. The van der Waals surface area contributed by atoms with Crippen molar-refractivity contribution in [1.82, 2.24) is 14.0 Å². The van der Waals surface area contributed by atoms with Gasteiger partial charge in [0.05, 0.1) is 12.2 Å². The fourth-order valence-electron chi connectivity index (χ4n) is 2.83. The summed E-state index contributed by atoms with van der Waals surface area (Å²) >= 11 is 12.0. The number of amides is 1. The smallest absolute Gasteiger partial charge is 0.410 e. The van der Waals surface area contributed by atoms with Crippen LogP contribution in [-0.4, -0.2) is 37.4 Å². The van der Waals surface area contributed by atoms with E-state index < -0.39 is 17.4 Å². The van der Waals surface area contributed by atoms with E-state index in [4.69, 9.17) is 27.9 Å². The van der Waals surface area contributed by atoms with Crippen molar-refractivity contribution in [3.05, 3.63) is 44.4 Å². The number of aromatic hydroxyl groups is 1. The molecule has 2 heterocycles. The summed E-state index contributed by atoms with van der Waals surface area (Å²) in [6, 6.07) is 4.60. The molecule has 1 N–H and O–H groups in total. The summed E-state index contributed by atoms with van der Waals surface area (Å²) in [5.74, 6) is -0.249. The van der Waals surface area contributed by atoms with Crippen LogP contribution in [0.1, 0.15) is 26.5 Å². The first-order valence-electron chi connectivity index (χ1n) is 8.04. The van der Waals surface area contributed by atoms with Gasteiger partial charge in [0.1, 0.15) is 11.3 Å². The zero-order valence-corrected chi connectivity index (χ0v) is 16.1. The summed E-state index contributed by atoms with van der Waals surface area (Å²) in [6.07, 6.45) is -0.492. The molecule has 0 radical (unpaired) electrons. The Hall–Kier alpha value is -2.12. The number of imidazole rings is 1. The minimum atomic E-state index is -0.625. The third kappa shape index (κ3) is 3.54. The Morgan fingerprint density at radius 1 is 1.15 bits per heavy atom. The van der Waals surface area contributed by atoms with Crippen molar-refractivity contribution in [2.45, 2.75) is 39.5 Å². The van der Waals surface area contributed by atoms with Crippen molar-refractivity contribution in [1.29, 1.82) is 0 Å². The van der Waals surface area contributed by atoms with E-state index in [0.717, 1.165) is 4.57 Å². The van der Waals surface area contributed by atoms with Gasteiger partial charge in [0.2, 0.25) is 5.88 Å². The highest BCUT2D eigenvalue weighted by Crippen LogP contribution is 2.28. The van der Waals surface area contributed by atoms with Crippen LogP contribution in [0.25, 0.3) is 5.69 Å². The Morgan fingerprint density at radius 3 is 2.35 bits per heavy atom. The molecule has 2 aromatic rings. The molecular weight excluding hydrogens is 381 g/mol. The second kappa shape index (κ2) is 6.55. The lowest BCUT2D eigenvalue weighted by atomic mass is 10.2. The number of carbonyl (C=O) groups excluding carboxylic acids is 1. The first kappa shape index (κ1) is 18.7. The number of rotatable bonds is 1. The van der Waals surface area contributed by atoms with Gasteiger partial charge in [-0.2, -0.15) is 0 Å². The van der Waals surface area contributed by atoms with E-state index >= 15 is 0 Å². The second-order valence-electron chi connectivity index (χ2n) is 7.07. The highest BCUT2D eigenvalue weighted by molar-refractivity contribution is 6.34. The molecule has 0 unspecified atom stereocenters. The average Bonchev–Trinajstić information content (AvgIpc) is 2.75. The van der Waals surface area contributed by atoms with Crippen LogP contribution in [0.2, 0.25) is 10.0 Å². The number of fused-ring (bicyclic) bond motifs is 1.